The molecule has 0 radical (unpaired) electrons. The fourth-order valence-corrected chi connectivity index (χ4v) is 2.60. The van der Waals surface area contributed by atoms with Gasteiger partial charge in [-0.2, -0.15) is 0 Å². The van der Waals surface area contributed by atoms with Crippen LogP contribution in [0.5, 0.6) is 0 Å². The summed E-state index contributed by atoms with van der Waals surface area (Å²) in [6, 6.07) is 0.0994. The second-order valence-corrected chi connectivity index (χ2v) is 4.58. The van der Waals surface area contributed by atoms with Crippen molar-refractivity contribution in [2.24, 2.45) is 5.73 Å². The average Bonchev–Trinajstić information content (AvgIpc) is 2.86. The van der Waals surface area contributed by atoms with Crippen LogP contribution >= 0.6 is 11.3 Å². The fraction of sp³-hybridized carbons (Fsp3) is 0.700. The number of aromatic nitrogens is 1. The Morgan fingerprint density at radius 1 is 1.79 bits per heavy atom. The van der Waals surface area contributed by atoms with Crippen LogP contribution in [0.1, 0.15) is 42.4 Å². The van der Waals surface area contributed by atoms with Crippen molar-refractivity contribution in [2.75, 3.05) is 13.2 Å². The number of nitrogens with two attached hydrogens (primary N) is 1. The molecular formula is C10H16N2OS. The summed E-state index contributed by atoms with van der Waals surface area (Å²) >= 11 is 1.72. The molecule has 1 saturated heterocycles. The molecule has 2 atom stereocenters. The molecule has 4 heteroatoms. The Morgan fingerprint density at radius 2 is 2.64 bits per heavy atom. The third kappa shape index (κ3) is 1.97. The van der Waals surface area contributed by atoms with Gasteiger partial charge in [-0.05, 0) is 12.8 Å². The van der Waals surface area contributed by atoms with Gasteiger partial charge in [0.15, 0.2) is 0 Å². The van der Waals surface area contributed by atoms with Crippen molar-refractivity contribution in [1.82, 2.24) is 4.98 Å². The van der Waals surface area contributed by atoms with E-state index in [0.717, 1.165) is 31.7 Å². The highest BCUT2D eigenvalue weighted by molar-refractivity contribution is 7.09. The maximum absolute atomic E-state index is 5.92. The molecule has 0 aromatic carbocycles. The monoisotopic (exact) mass is 212 g/mol. The van der Waals surface area contributed by atoms with Gasteiger partial charge in [-0.25, -0.2) is 4.98 Å². The van der Waals surface area contributed by atoms with E-state index in [1.54, 1.807) is 11.3 Å². The molecule has 0 spiro atoms. The minimum Gasteiger partial charge on any atom is -0.381 e. The number of hydrogen-bond acceptors (Lipinski definition) is 4. The molecule has 2 heterocycles. The van der Waals surface area contributed by atoms with Gasteiger partial charge in [0.05, 0.1) is 17.3 Å². The molecule has 1 aromatic rings. The molecule has 14 heavy (non-hydrogen) atoms. The Bertz CT molecular complexity index is 294. The van der Waals surface area contributed by atoms with Gasteiger partial charge in [0, 0.05) is 23.9 Å². The minimum atomic E-state index is 0.0994. The summed E-state index contributed by atoms with van der Waals surface area (Å²) in [6.45, 7) is 3.79. The smallest absolute Gasteiger partial charge is 0.0983 e. The van der Waals surface area contributed by atoms with Crippen molar-refractivity contribution >= 4 is 11.3 Å². The van der Waals surface area contributed by atoms with E-state index in [4.69, 9.17) is 10.5 Å². The number of hydrogen-bond donors (Lipinski definition) is 1. The summed E-state index contributed by atoms with van der Waals surface area (Å²) in [5, 5.41) is 3.28. The summed E-state index contributed by atoms with van der Waals surface area (Å²) in [5.74, 6) is 0.512. The van der Waals surface area contributed by atoms with Gasteiger partial charge in [0.25, 0.3) is 0 Å². The van der Waals surface area contributed by atoms with Crippen LogP contribution in [-0.4, -0.2) is 18.2 Å². The Morgan fingerprint density at radius 3 is 3.29 bits per heavy atom. The van der Waals surface area contributed by atoms with E-state index in [1.165, 1.54) is 5.01 Å². The van der Waals surface area contributed by atoms with Crippen molar-refractivity contribution in [1.29, 1.82) is 0 Å². The zero-order valence-corrected chi connectivity index (χ0v) is 9.22. The van der Waals surface area contributed by atoms with Crippen LogP contribution in [0.3, 0.4) is 0 Å². The van der Waals surface area contributed by atoms with Crippen molar-refractivity contribution in [3.63, 3.8) is 0 Å². The van der Waals surface area contributed by atoms with Crippen LogP contribution in [0.4, 0.5) is 0 Å². The number of ether oxygens (including phenoxy) is 1. The molecule has 0 aliphatic carbocycles. The Balaban J connectivity index is 2.08. The lowest BCUT2D eigenvalue weighted by Gasteiger charge is -2.04. The normalized spacial score (nSPS) is 24.0. The van der Waals surface area contributed by atoms with Crippen LogP contribution in [-0.2, 0) is 4.74 Å². The standard InChI is InChI=1S/C10H16N2OS/c1-2-8(11)9-6-14-10(12-9)7-3-4-13-5-7/h6-8H,2-5,11H2,1H3. The van der Waals surface area contributed by atoms with E-state index in [0.29, 0.717) is 5.92 Å². The number of thiazole rings is 1. The molecule has 1 aliphatic heterocycles. The van der Waals surface area contributed by atoms with Crippen LogP contribution in [0.2, 0.25) is 0 Å². The van der Waals surface area contributed by atoms with Gasteiger partial charge >= 0.3 is 0 Å². The maximum atomic E-state index is 5.92. The largest absolute Gasteiger partial charge is 0.381 e. The van der Waals surface area contributed by atoms with Crippen LogP contribution in [0.15, 0.2) is 5.38 Å². The van der Waals surface area contributed by atoms with Crippen molar-refractivity contribution in [3.8, 4) is 0 Å². The summed E-state index contributed by atoms with van der Waals surface area (Å²) in [4.78, 5) is 4.58. The van der Waals surface area contributed by atoms with E-state index < -0.39 is 0 Å². The maximum Gasteiger partial charge on any atom is 0.0983 e. The van der Waals surface area contributed by atoms with Gasteiger partial charge in [0.2, 0.25) is 0 Å². The molecule has 1 aromatic heterocycles. The second kappa shape index (κ2) is 4.38. The van der Waals surface area contributed by atoms with E-state index in [2.05, 4.69) is 17.3 Å². The minimum absolute atomic E-state index is 0.0994. The molecule has 2 unspecified atom stereocenters. The van der Waals surface area contributed by atoms with E-state index >= 15 is 0 Å². The molecule has 1 aliphatic rings. The van der Waals surface area contributed by atoms with Crippen LogP contribution in [0, 0.1) is 0 Å². The van der Waals surface area contributed by atoms with Crippen molar-refractivity contribution in [2.45, 2.75) is 31.7 Å². The van der Waals surface area contributed by atoms with E-state index in [-0.39, 0.29) is 6.04 Å². The molecule has 78 valence electrons. The number of rotatable bonds is 3. The Kier molecular flexibility index (Phi) is 3.15. The molecule has 2 rings (SSSR count). The predicted molar refractivity (Wildman–Crippen MR) is 57.5 cm³/mol. The third-order valence-electron chi connectivity index (χ3n) is 2.64. The van der Waals surface area contributed by atoms with E-state index in [1.807, 2.05) is 0 Å². The van der Waals surface area contributed by atoms with Crippen LogP contribution < -0.4 is 5.73 Å². The first-order valence-electron chi connectivity index (χ1n) is 5.10. The first-order chi connectivity index (χ1) is 6.81. The quantitative estimate of drug-likeness (QED) is 0.834. The average molecular weight is 212 g/mol. The van der Waals surface area contributed by atoms with Gasteiger partial charge in [-0.3, -0.25) is 0 Å². The highest BCUT2D eigenvalue weighted by atomic mass is 32.1. The lowest BCUT2D eigenvalue weighted by molar-refractivity contribution is 0.194. The fourth-order valence-electron chi connectivity index (χ4n) is 1.60. The zero-order valence-electron chi connectivity index (χ0n) is 8.40. The molecule has 0 saturated carbocycles. The molecule has 2 N–H and O–H groups in total. The summed E-state index contributed by atoms with van der Waals surface area (Å²) in [6.07, 6.45) is 2.05. The van der Waals surface area contributed by atoms with Gasteiger partial charge < -0.3 is 10.5 Å². The predicted octanol–water partition coefficient (Wildman–Crippen LogP) is 2.06. The number of nitrogens with zero attached hydrogens (tertiary/aromatic N) is 1. The molecule has 0 bridgehead atoms. The van der Waals surface area contributed by atoms with E-state index in [9.17, 15) is 0 Å². The summed E-state index contributed by atoms with van der Waals surface area (Å²) in [7, 11) is 0. The zero-order chi connectivity index (χ0) is 9.97. The molecule has 1 fully saturated rings. The van der Waals surface area contributed by atoms with Gasteiger partial charge in [-0.1, -0.05) is 6.92 Å². The SMILES string of the molecule is CCC(N)c1csc(C2CCOC2)n1. The topological polar surface area (TPSA) is 48.1 Å². The Hall–Kier alpha value is -0.450. The van der Waals surface area contributed by atoms with Gasteiger partial charge in [0.1, 0.15) is 0 Å². The molecular weight excluding hydrogens is 196 g/mol. The first kappa shape index (κ1) is 10.1. The lowest BCUT2D eigenvalue weighted by atomic mass is 10.1. The van der Waals surface area contributed by atoms with Crippen LogP contribution in [0.25, 0.3) is 0 Å². The lowest BCUT2D eigenvalue weighted by Crippen LogP contribution is -2.09. The van der Waals surface area contributed by atoms with Gasteiger partial charge in [-0.15, -0.1) is 11.3 Å². The second-order valence-electron chi connectivity index (χ2n) is 3.69. The molecule has 0 amide bonds. The molecule has 3 nitrogen and oxygen atoms in total. The highest BCUT2D eigenvalue weighted by Crippen LogP contribution is 2.29. The highest BCUT2D eigenvalue weighted by Gasteiger charge is 2.21. The van der Waals surface area contributed by atoms with Crippen molar-refractivity contribution < 1.29 is 4.74 Å². The first-order valence-corrected chi connectivity index (χ1v) is 5.98. The van der Waals surface area contributed by atoms with Crippen molar-refractivity contribution in [3.05, 3.63) is 16.1 Å². The Labute approximate surface area is 88.3 Å². The summed E-state index contributed by atoms with van der Waals surface area (Å²) < 4.78 is 5.34. The summed E-state index contributed by atoms with van der Waals surface area (Å²) in [5.41, 5.74) is 6.96. The third-order valence-corrected chi connectivity index (χ3v) is 3.66.